The van der Waals surface area contributed by atoms with E-state index < -0.39 is 10.1 Å². The summed E-state index contributed by atoms with van der Waals surface area (Å²) in [6.45, 7) is 0. The van der Waals surface area contributed by atoms with Crippen LogP contribution >= 0.6 is 0 Å². The number of rotatable bonds is 1. The van der Waals surface area contributed by atoms with Gasteiger partial charge in [0.15, 0.2) is 0 Å². The summed E-state index contributed by atoms with van der Waals surface area (Å²) in [5, 5.41) is 1.43. The zero-order valence-electron chi connectivity index (χ0n) is 11.1. The van der Waals surface area contributed by atoms with Gasteiger partial charge in [-0.2, -0.15) is 8.42 Å². The van der Waals surface area contributed by atoms with Crippen LogP contribution in [0, 0.1) is 0 Å². The molecule has 0 amide bonds. The molecule has 4 heteroatoms. The topological polar surface area (TPSA) is 54.4 Å². The lowest BCUT2D eigenvalue weighted by Gasteiger charge is -2.10. The number of hydrogen-bond donors (Lipinski definition) is 1. The average molecular weight is 296 g/mol. The first kappa shape index (κ1) is 12.6. The maximum absolute atomic E-state index is 11.7. The molecule has 3 nitrogen and oxygen atoms in total. The van der Waals surface area contributed by atoms with E-state index in [0.717, 1.165) is 22.1 Å². The summed E-state index contributed by atoms with van der Waals surface area (Å²) in [4.78, 5) is -0.00958. The zero-order chi connectivity index (χ0) is 14.6. The second-order valence-corrected chi connectivity index (χ2v) is 6.65. The largest absolute Gasteiger partial charge is 0.295 e. The van der Waals surface area contributed by atoms with E-state index >= 15 is 0 Å². The van der Waals surface area contributed by atoms with Crippen LogP contribution in [0.2, 0.25) is 0 Å². The molecule has 1 aliphatic rings. The number of hydrogen-bond acceptors (Lipinski definition) is 2. The fraction of sp³-hybridized carbons (Fsp3) is 0.0588. The van der Waals surface area contributed by atoms with E-state index in [-0.39, 0.29) is 4.90 Å². The van der Waals surface area contributed by atoms with Crippen molar-refractivity contribution in [2.45, 2.75) is 11.3 Å². The Hall–Kier alpha value is -2.17. The molecule has 3 aromatic rings. The summed E-state index contributed by atoms with van der Waals surface area (Å²) in [7, 11) is -4.24. The quantitative estimate of drug-likeness (QED) is 0.545. The van der Waals surface area contributed by atoms with Crippen LogP contribution in [0.3, 0.4) is 0 Å². The van der Waals surface area contributed by atoms with Gasteiger partial charge in [-0.05, 0) is 40.1 Å². The van der Waals surface area contributed by atoms with Crippen molar-refractivity contribution in [2.24, 2.45) is 0 Å². The van der Waals surface area contributed by atoms with Gasteiger partial charge in [-0.1, -0.05) is 48.5 Å². The first-order valence-corrected chi connectivity index (χ1v) is 8.10. The first-order chi connectivity index (χ1) is 10.1. The Morgan fingerprint density at radius 1 is 0.857 bits per heavy atom. The zero-order valence-corrected chi connectivity index (χ0v) is 11.9. The Labute approximate surface area is 122 Å². The molecule has 0 saturated heterocycles. The molecule has 0 bridgehead atoms. The van der Waals surface area contributed by atoms with Gasteiger partial charge in [-0.25, -0.2) is 0 Å². The van der Waals surface area contributed by atoms with Crippen LogP contribution < -0.4 is 0 Å². The van der Waals surface area contributed by atoms with Crippen molar-refractivity contribution in [2.75, 3.05) is 0 Å². The molecule has 0 saturated carbocycles. The second-order valence-electron chi connectivity index (χ2n) is 5.26. The monoisotopic (exact) mass is 296 g/mol. The van der Waals surface area contributed by atoms with Crippen molar-refractivity contribution in [1.29, 1.82) is 0 Å². The Morgan fingerprint density at radius 2 is 1.52 bits per heavy atom. The molecule has 0 atom stereocenters. The minimum atomic E-state index is -4.24. The van der Waals surface area contributed by atoms with Crippen LogP contribution in [0.5, 0.6) is 0 Å². The summed E-state index contributed by atoms with van der Waals surface area (Å²) in [6.07, 6.45) is 0.693. The fourth-order valence-electron chi connectivity index (χ4n) is 3.19. The highest BCUT2D eigenvalue weighted by Gasteiger charge is 2.25. The van der Waals surface area contributed by atoms with Gasteiger partial charge < -0.3 is 0 Å². The predicted octanol–water partition coefficient (Wildman–Crippen LogP) is 3.66. The Morgan fingerprint density at radius 3 is 2.29 bits per heavy atom. The molecular formula is C17H12O3S. The lowest BCUT2D eigenvalue weighted by atomic mass is 9.98. The highest BCUT2D eigenvalue weighted by molar-refractivity contribution is 7.86. The molecule has 0 spiro atoms. The van der Waals surface area contributed by atoms with Crippen molar-refractivity contribution in [3.63, 3.8) is 0 Å². The molecule has 1 aliphatic carbocycles. The minimum Gasteiger partial charge on any atom is -0.282 e. The van der Waals surface area contributed by atoms with E-state index in [1.807, 2.05) is 24.3 Å². The first-order valence-electron chi connectivity index (χ1n) is 6.66. The summed E-state index contributed by atoms with van der Waals surface area (Å²) in [5.41, 5.74) is 4.35. The van der Waals surface area contributed by atoms with Gasteiger partial charge in [0.25, 0.3) is 10.1 Å². The maximum Gasteiger partial charge on any atom is 0.295 e. The summed E-state index contributed by atoms with van der Waals surface area (Å²) < 4.78 is 32.9. The lowest BCUT2D eigenvalue weighted by molar-refractivity contribution is 0.484. The third kappa shape index (κ3) is 1.80. The van der Waals surface area contributed by atoms with Crippen LogP contribution in [-0.2, 0) is 16.5 Å². The van der Waals surface area contributed by atoms with Crippen LogP contribution in [0.25, 0.3) is 21.9 Å². The van der Waals surface area contributed by atoms with Crippen molar-refractivity contribution in [3.8, 4) is 11.1 Å². The third-order valence-electron chi connectivity index (χ3n) is 4.03. The molecule has 1 N–H and O–H groups in total. The van der Waals surface area contributed by atoms with Gasteiger partial charge >= 0.3 is 0 Å². The molecule has 0 fully saturated rings. The molecule has 104 valence electrons. The lowest BCUT2D eigenvalue weighted by Crippen LogP contribution is -2.01. The molecular weight excluding hydrogens is 284 g/mol. The standard InChI is InChI=1S/C17H12O3S/c18-21(19,20)16-10-12-9-11-5-1-2-6-13(11)17(12)15-8-4-3-7-14(15)16/h1-8,10H,9H2,(H,18,19,20). The van der Waals surface area contributed by atoms with E-state index in [9.17, 15) is 13.0 Å². The van der Waals surface area contributed by atoms with E-state index in [0.29, 0.717) is 11.8 Å². The van der Waals surface area contributed by atoms with E-state index in [1.54, 1.807) is 18.2 Å². The molecule has 0 aliphatic heterocycles. The van der Waals surface area contributed by atoms with Crippen LogP contribution in [0.4, 0.5) is 0 Å². The summed E-state index contributed by atoms with van der Waals surface area (Å²) in [5.74, 6) is 0. The summed E-state index contributed by atoms with van der Waals surface area (Å²) >= 11 is 0. The van der Waals surface area contributed by atoms with E-state index in [1.165, 1.54) is 5.56 Å². The Bertz CT molecular complexity index is 988. The van der Waals surface area contributed by atoms with Gasteiger partial charge in [-0.15, -0.1) is 0 Å². The van der Waals surface area contributed by atoms with Crippen molar-refractivity contribution in [1.82, 2.24) is 0 Å². The molecule has 0 radical (unpaired) electrons. The van der Waals surface area contributed by atoms with Crippen LogP contribution in [-0.4, -0.2) is 13.0 Å². The number of benzene rings is 3. The van der Waals surface area contributed by atoms with E-state index in [2.05, 4.69) is 12.1 Å². The van der Waals surface area contributed by atoms with Gasteiger partial charge in [-0.3, -0.25) is 4.55 Å². The molecule has 0 unspecified atom stereocenters. The summed E-state index contributed by atoms with van der Waals surface area (Å²) in [6, 6.07) is 17.0. The number of fused-ring (bicyclic) bond motifs is 5. The van der Waals surface area contributed by atoms with Gasteiger partial charge in [0, 0.05) is 5.39 Å². The molecule has 0 aromatic heterocycles. The van der Waals surface area contributed by atoms with Crippen molar-refractivity contribution in [3.05, 3.63) is 65.7 Å². The second kappa shape index (κ2) is 4.16. The molecule has 21 heavy (non-hydrogen) atoms. The predicted molar refractivity (Wildman–Crippen MR) is 82.0 cm³/mol. The smallest absolute Gasteiger partial charge is 0.282 e. The molecule has 3 aromatic carbocycles. The highest BCUT2D eigenvalue weighted by atomic mass is 32.2. The third-order valence-corrected chi connectivity index (χ3v) is 4.93. The SMILES string of the molecule is O=S(=O)(O)c1cc2c(c3ccccc13)-c1ccccc1C2. The minimum absolute atomic E-state index is 0.00958. The van der Waals surface area contributed by atoms with Crippen molar-refractivity contribution >= 4 is 20.9 Å². The van der Waals surface area contributed by atoms with Crippen LogP contribution in [0.1, 0.15) is 11.1 Å². The van der Waals surface area contributed by atoms with Crippen LogP contribution in [0.15, 0.2) is 59.5 Å². The maximum atomic E-state index is 11.7. The average Bonchev–Trinajstić information content (AvgIpc) is 2.84. The Balaban J connectivity index is 2.19. The van der Waals surface area contributed by atoms with Gasteiger partial charge in [0.1, 0.15) is 4.90 Å². The fourth-order valence-corrected chi connectivity index (χ4v) is 3.94. The van der Waals surface area contributed by atoms with Gasteiger partial charge in [0.2, 0.25) is 0 Å². The molecule has 4 rings (SSSR count). The van der Waals surface area contributed by atoms with Gasteiger partial charge in [0.05, 0.1) is 0 Å². The van der Waals surface area contributed by atoms with Crippen molar-refractivity contribution < 1.29 is 13.0 Å². The Kier molecular flexibility index (Phi) is 2.49. The normalized spacial score (nSPS) is 13.2. The molecule has 0 heterocycles. The highest BCUT2D eigenvalue weighted by Crippen LogP contribution is 2.43. The van der Waals surface area contributed by atoms with E-state index in [4.69, 9.17) is 0 Å².